The van der Waals surface area contributed by atoms with Crippen molar-refractivity contribution in [2.45, 2.75) is 97.8 Å². The number of hydrogen-bond donors (Lipinski definition) is 1. The molecule has 0 aromatic heterocycles. The fraction of sp³-hybridized carbons (Fsp3) is 0.909. The van der Waals surface area contributed by atoms with Crippen LogP contribution >= 0.6 is 0 Å². The Kier molecular flexibility index (Phi) is 7.54. The third-order valence-electron chi connectivity index (χ3n) is 7.10. The van der Waals surface area contributed by atoms with E-state index in [0.29, 0.717) is 18.0 Å². The molecule has 0 aromatic rings. The first kappa shape index (κ1) is 20.9. The molecule has 3 nitrogen and oxygen atoms in total. The fourth-order valence-corrected chi connectivity index (χ4v) is 4.51. The van der Waals surface area contributed by atoms with Gasteiger partial charge in [0.15, 0.2) is 0 Å². The van der Waals surface area contributed by atoms with Gasteiger partial charge in [0.2, 0.25) is 0 Å². The third-order valence-corrected chi connectivity index (χ3v) is 7.10. The van der Waals surface area contributed by atoms with Crippen molar-refractivity contribution in [3.63, 3.8) is 0 Å². The van der Waals surface area contributed by atoms with Crippen LogP contribution in [-0.2, 0) is 0 Å². The molecule has 0 aliphatic carbocycles. The van der Waals surface area contributed by atoms with Crippen LogP contribution in [0.3, 0.4) is 0 Å². The van der Waals surface area contributed by atoms with Crippen molar-refractivity contribution in [2.75, 3.05) is 26.2 Å². The van der Waals surface area contributed by atoms with Gasteiger partial charge in [-0.15, -0.1) is 0 Å². The summed E-state index contributed by atoms with van der Waals surface area (Å²) in [6.07, 6.45) is 6.96. The van der Waals surface area contributed by atoms with E-state index in [9.17, 15) is 5.11 Å². The summed E-state index contributed by atoms with van der Waals surface area (Å²) in [5, 5.41) is 10.7. The molecular weight excluding hydrogens is 308 g/mol. The second-order valence-electron chi connectivity index (χ2n) is 9.21. The number of likely N-dealkylation sites (tertiary alicyclic amines) is 2. The van der Waals surface area contributed by atoms with E-state index in [1.165, 1.54) is 44.3 Å². The molecule has 0 bridgehead atoms. The predicted octanol–water partition coefficient (Wildman–Crippen LogP) is 4.46. The highest BCUT2D eigenvalue weighted by Crippen LogP contribution is 2.31. The quantitative estimate of drug-likeness (QED) is 0.717. The summed E-state index contributed by atoms with van der Waals surface area (Å²) in [6, 6.07) is 1.33. The van der Waals surface area contributed by atoms with Crippen molar-refractivity contribution in [3.8, 4) is 0 Å². The number of aliphatic hydroxyl groups is 1. The van der Waals surface area contributed by atoms with E-state index in [0.717, 1.165) is 25.9 Å². The van der Waals surface area contributed by atoms with Crippen LogP contribution < -0.4 is 0 Å². The average molecular weight is 351 g/mol. The normalized spacial score (nSPS) is 25.2. The number of hydrogen-bond acceptors (Lipinski definition) is 3. The van der Waals surface area contributed by atoms with Crippen LogP contribution in [0.1, 0.15) is 80.1 Å². The van der Waals surface area contributed by atoms with Gasteiger partial charge >= 0.3 is 0 Å². The highest BCUT2D eigenvalue weighted by atomic mass is 16.3. The first-order valence-corrected chi connectivity index (χ1v) is 10.6. The molecule has 2 unspecified atom stereocenters. The lowest BCUT2D eigenvalue weighted by Gasteiger charge is -2.43. The molecule has 2 aliphatic heterocycles. The largest absolute Gasteiger partial charge is 0.390 e. The first-order valence-electron chi connectivity index (χ1n) is 10.6. The zero-order valence-electron chi connectivity index (χ0n) is 17.6. The van der Waals surface area contributed by atoms with Crippen molar-refractivity contribution in [2.24, 2.45) is 5.92 Å². The van der Waals surface area contributed by atoms with E-state index < -0.39 is 5.60 Å². The molecule has 2 heterocycles. The average Bonchev–Trinajstić information content (AvgIpc) is 2.60. The lowest BCUT2D eigenvalue weighted by Crippen LogP contribution is -2.50. The van der Waals surface area contributed by atoms with Gasteiger partial charge in [-0.3, -0.25) is 0 Å². The minimum absolute atomic E-state index is 0.370. The van der Waals surface area contributed by atoms with Crippen molar-refractivity contribution in [3.05, 3.63) is 11.1 Å². The highest BCUT2D eigenvalue weighted by Gasteiger charge is 2.36. The first-order chi connectivity index (χ1) is 11.7. The van der Waals surface area contributed by atoms with Crippen molar-refractivity contribution < 1.29 is 5.11 Å². The molecule has 0 spiro atoms. The monoisotopic (exact) mass is 350 g/mol. The maximum Gasteiger partial charge on any atom is 0.0694 e. The van der Waals surface area contributed by atoms with Gasteiger partial charge in [-0.1, -0.05) is 25.0 Å². The zero-order valence-corrected chi connectivity index (χ0v) is 17.6. The van der Waals surface area contributed by atoms with E-state index in [4.69, 9.17) is 0 Å². The topological polar surface area (TPSA) is 26.7 Å². The lowest BCUT2D eigenvalue weighted by atomic mass is 9.81. The lowest BCUT2D eigenvalue weighted by molar-refractivity contribution is -0.0634. The van der Waals surface area contributed by atoms with Crippen LogP contribution in [0.5, 0.6) is 0 Å². The molecule has 146 valence electrons. The Morgan fingerprint density at radius 2 is 1.32 bits per heavy atom. The molecule has 2 aliphatic rings. The molecule has 2 saturated heterocycles. The van der Waals surface area contributed by atoms with Gasteiger partial charge in [0.05, 0.1) is 5.60 Å². The van der Waals surface area contributed by atoms with Crippen LogP contribution in [0.4, 0.5) is 0 Å². The third kappa shape index (κ3) is 5.55. The number of rotatable bonds is 6. The van der Waals surface area contributed by atoms with Crippen molar-refractivity contribution >= 4 is 0 Å². The van der Waals surface area contributed by atoms with Gasteiger partial charge in [-0.2, -0.15) is 0 Å². The summed E-state index contributed by atoms with van der Waals surface area (Å²) in [6.45, 7) is 18.2. The summed E-state index contributed by atoms with van der Waals surface area (Å²) in [5.41, 5.74) is 2.79. The van der Waals surface area contributed by atoms with Gasteiger partial charge < -0.3 is 14.9 Å². The molecule has 0 saturated carbocycles. The Labute approximate surface area is 156 Å². The molecular formula is C22H42N2O. The van der Waals surface area contributed by atoms with Gasteiger partial charge in [-0.05, 0) is 72.1 Å². The number of nitrogens with zero attached hydrogens (tertiary/aromatic N) is 2. The fourth-order valence-electron chi connectivity index (χ4n) is 4.51. The number of allylic oxidation sites excluding steroid dienone is 1. The van der Waals surface area contributed by atoms with Crippen molar-refractivity contribution in [1.29, 1.82) is 0 Å². The minimum atomic E-state index is -0.431. The Bertz CT molecular complexity index is 435. The highest BCUT2D eigenvalue weighted by molar-refractivity contribution is 5.12. The summed E-state index contributed by atoms with van der Waals surface area (Å²) < 4.78 is 0. The van der Waals surface area contributed by atoms with Gasteiger partial charge in [0.25, 0.3) is 0 Å². The van der Waals surface area contributed by atoms with E-state index >= 15 is 0 Å². The van der Waals surface area contributed by atoms with Crippen LogP contribution in [0.15, 0.2) is 11.1 Å². The van der Waals surface area contributed by atoms with Crippen molar-refractivity contribution in [1.82, 2.24) is 9.80 Å². The molecule has 0 radical (unpaired) electrons. The molecule has 3 heteroatoms. The minimum Gasteiger partial charge on any atom is -0.390 e. The van der Waals surface area contributed by atoms with Crippen LogP contribution in [0.25, 0.3) is 0 Å². The molecule has 2 atom stereocenters. The number of piperidine rings is 2. The van der Waals surface area contributed by atoms with E-state index in [-0.39, 0.29) is 0 Å². The van der Waals surface area contributed by atoms with Gasteiger partial charge in [0, 0.05) is 38.3 Å². The smallest absolute Gasteiger partial charge is 0.0694 e. The Morgan fingerprint density at radius 1 is 0.880 bits per heavy atom. The van der Waals surface area contributed by atoms with Crippen LogP contribution in [0.2, 0.25) is 0 Å². The summed E-state index contributed by atoms with van der Waals surface area (Å²) in [4.78, 5) is 5.29. The van der Waals surface area contributed by atoms with Gasteiger partial charge in [-0.25, -0.2) is 0 Å². The SMILES string of the molecule is CC(C)=C1CCN(C(C)CCC(C)N2CCC(O)(C(C)C)CC2)CC1. The molecule has 1 N–H and O–H groups in total. The summed E-state index contributed by atoms with van der Waals surface area (Å²) >= 11 is 0. The summed E-state index contributed by atoms with van der Waals surface area (Å²) in [5.74, 6) is 0.370. The zero-order chi connectivity index (χ0) is 18.6. The molecule has 2 fully saturated rings. The summed E-state index contributed by atoms with van der Waals surface area (Å²) in [7, 11) is 0. The van der Waals surface area contributed by atoms with E-state index in [1.807, 2.05) is 0 Å². The maximum absolute atomic E-state index is 10.7. The maximum atomic E-state index is 10.7. The Morgan fingerprint density at radius 3 is 1.72 bits per heavy atom. The van der Waals surface area contributed by atoms with E-state index in [2.05, 4.69) is 51.3 Å². The molecule has 0 amide bonds. The molecule has 2 rings (SSSR count). The Hall–Kier alpha value is -0.380. The second kappa shape index (κ2) is 9.01. The molecule has 25 heavy (non-hydrogen) atoms. The van der Waals surface area contributed by atoms with Crippen LogP contribution in [0, 0.1) is 5.92 Å². The van der Waals surface area contributed by atoms with Crippen LogP contribution in [-0.4, -0.2) is 58.8 Å². The second-order valence-corrected chi connectivity index (χ2v) is 9.21. The van der Waals surface area contributed by atoms with E-state index in [1.54, 1.807) is 5.57 Å². The van der Waals surface area contributed by atoms with Gasteiger partial charge in [0.1, 0.15) is 0 Å². The Balaban J connectivity index is 1.72. The standard InChI is InChI=1S/C22H42N2O/c1-17(2)21-9-13-23(14-10-21)19(5)7-8-20(6)24-15-11-22(25,12-16-24)18(3)4/h18-20,25H,7-16H2,1-6H3. The predicted molar refractivity (Wildman–Crippen MR) is 108 cm³/mol. The molecule has 0 aromatic carbocycles.